The zero-order chi connectivity index (χ0) is 82.7. The molecule has 5 atom stereocenters. The lowest BCUT2D eigenvalue weighted by molar-refractivity contribution is 0.0476. The zero-order valence-electron chi connectivity index (χ0n) is 69.7. The number of hydrogen-bond acceptors (Lipinski definition) is 24. The summed E-state index contributed by atoms with van der Waals surface area (Å²) in [5.74, 6) is 0. The normalized spacial score (nSPS) is 26.4. The first-order valence-electron chi connectivity index (χ1n) is 39.3. The summed E-state index contributed by atoms with van der Waals surface area (Å²) in [5.41, 5.74) is 0. The highest BCUT2D eigenvalue weighted by Gasteiger charge is 2.81. The zero-order valence-corrected chi connectivity index (χ0v) is 84.7. The minimum absolute atomic E-state index is 0.0671. The molecule has 0 N–H and O–H groups in total. The topological polar surface area (TPSA) is 225 Å². The number of rotatable bonds is 39. The van der Waals surface area contributed by atoms with Gasteiger partial charge in [-0.2, -0.15) is 0 Å². The molecule has 5 saturated heterocycles. The van der Waals surface area contributed by atoms with E-state index in [1.165, 1.54) is 0 Å². The standard InChI is InChI=1S/C77H114O24Si15/c1-78-106(17,79-2)64-61-103(11,12)89-110(71-45-28-19-29-46-71)94-115(76-55-38-24-39-56-76)98-112(73-49-32-21-33-50-73,91-105(15,16)63-66-108(83-6,84-7)85-8)99-116(95-110,77-57-40-25-41-58-77)101-114(75-53-36-23-37-54-75)93-109(70-43-26-18-27-44-70,88-102(9,10)60-42-59-86-67-69-68-87-69)92-113(100-115,74-51-34-22-35-52-74)96-111(97-114,72-47-30-20-31-48-72)90-104(13,14)62-65-107(80-3,81-4)82-5/h18-41,43-58,69H,42,59-68H2,1-17H3. The largest absolute Gasteiger partial charge is 0.515 e. The quantitative estimate of drug-likeness (QED) is 0.0198. The van der Waals surface area contributed by atoms with Crippen molar-refractivity contribution in [3.05, 3.63) is 243 Å². The molecule has 0 spiro atoms. The SMILES string of the molecule is CO[Si](C)(CC[Si](C)(C)O[Si]1(c2ccccc2)O[Si]2(c3ccccc3)O[Si](O[Si](C)(C)CC[Si](OC)(OC)OC)(c3ccccc3)O[Si](c3ccccc3)(O1)O[Si]1(c3ccccc3)O[Si](O[Si](C)(C)CCCOCC3CO3)(c3ccccc3)O[Si](c3ccccc3)(O[Si](O[Si](C)(C)CC[Si](OC)(OC)OC)(c3ccccc3)O1)O2)OC. The van der Waals surface area contributed by atoms with E-state index < -0.39 is 130 Å². The molecule has 5 aliphatic rings. The number of fused-ring (bicyclic) bond motifs is 4. The maximum Gasteiger partial charge on any atom is 0.515 e. The van der Waals surface area contributed by atoms with Gasteiger partial charge >= 0.3 is 96.6 Å². The van der Waals surface area contributed by atoms with Gasteiger partial charge in [0.05, 0.1) is 13.2 Å². The third-order valence-electron chi connectivity index (χ3n) is 21.1. The number of epoxide rings is 1. The Bertz CT molecular complexity index is 4250. The van der Waals surface area contributed by atoms with Crippen LogP contribution in [-0.4, -0.2) is 213 Å². The van der Waals surface area contributed by atoms with E-state index in [9.17, 15) is 8.23 Å². The van der Waals surface area contributed by atoms with E-state index in [4.69, 9.17) is 94.3 Å². The van der Waals surface area contributed by atoms with Crippen molar-refractivity contribution in [1.29, 1.82) is 0 Å². The van der Waals surface area contributed by atoms with Gasteiger partial charge in [0.2, 0.25) is 0 Å². The summed E-state index contributed by atoms with van der Waals surface area (Å²) in [5, 5.41) is 3.74. The molecule has 5 unspecified atom stereocenters. The Labute approximate surface area is 701 Å². The second kappa shape index (κ2) is 38.0. The van der Waals surface area contributed by atoms with Crippen LogP contribution in [0.1, 0.15) is 6.42 Å². The van der Waals surface area contributed by atoms with Gasteiger partial charge < -0.3 is 102 Å². The first kappa shape index (κ1) is 91.3. The van der Waals surface area contributed by atoms with E-state index in [1.54, 1.807) is 56.9 Å². The molecule has 5 fully saturated rings. The van der Waals surface area contributed by atoms with Crippen molar-refractivity contribution < 1.29 is 102 Å². The molecule has 13 rings (SSSR count). The molecule has 5 aliphatic heterocycles. The Morgan fingerprint density at radius 2 is 0.483 bits per heavy atom. The van der Waals surface area contributed by atoms with Crippen molar-refractivity contribution in [1.82, 2.24) is 0 Å². The monoisotopic (exact) mass is 1840 g/mol. The van der Waals surface area contributed by atoms with E-state index in [0.717, 1.165) is 0 Å². The van der Waals surface area contributed by atoms with Crippen molar-refractivity contribution in [3.63, 3.8) is 0 Å². The van der Waals surface area contributed by atoms with Crippen LogP contribution in [0, 0.1) is 0 Å². The van der Waals surface area contributed by atoms with E-state index in [0.29, 0.717) is 110 Å². The summed E-state index contributed by atoms with van der Waals surface area (Å²) >= 11 is 0. The summed E-state index contributed by atoms with van der Waals surface area (Å²) in [6, 6.07) is 81.1. The molecule has 5 heterocycles. The van der Waals surface area contributed by atoms with Crippen molar-refractivity contribution >= 4 is 171 Å². The van der Waals surface area contributed by atoms with Gasteiger partial charge in [0.25, 0.3) is 0 Å². The Kier molecular flexibility index (Phi) is 29.9. The first-order chi connectivity index (χ1) is 55.4. The molecular formula is C77H114O24Si15. The molecular weight excluding hydrogens is 1730 g/mol. The lowest BCUT2D eigenvalue weighted by Gasteiger charge is -2.58. The number of ether oxygens (including phenoxy) is 2. The highest BCUT2D eigenvalue weighted by atomic mass is 28.6. The van der Waals surface area contributed by atoms with Gasteiger partial charge in [-0.05, 0) is 95.6 Å². The number of benzene rings is 8. The van der Waals surface area contributed by atoms with Crippen molar-refractivity contribution in [3.8, 4) is 0 Å². The lowest BCUT2D eigenvalue weighted by Crippen LogP contribution is -2.91. The molecule has 0 saturated carbocycles. The predicted octanol–water partition coefficient (Wildman–Crippen LogP) is 9.78. The van der Waals surface area contributed by atoms with Crippen molar-refractivity contribution in [2.24, 2.45) is 0 Å². The third-order valence-corrected chi connectivity index (χ3v) is 79.8. The van der Waals surface area contributed by atoms with E-state index in [-0.39, 0.29) is 6.10 Å². The molecule has 116 heavy (non-hydrogen) atoms. The Hall–Kier alpha value is -3.95. The predicted molar refractivity (Wildman–Crippen MR) is 478 cm³/mol. The minimum Gasteiger partial charge on any atom is -0.413 e. The van der Waals surface area contributed by atoms with Gasteiger partial charge in [-0.15, -0.1) is 0 Å². The van der Waals surface area contributed by atoms with Crippen LogP contribution in [0.25, 0.3) is 0 Å². The van der Waals surface area contributed by atoms with Crippen molar-refractivity contribution in [2.45, 2.75) is 114 Å². The van der Waals surface area contributed by atoms with Crippen LogP contribution < -0.4 is 41.5 Å². The molecule has 626 valence electrons. The van der Waals surface area contributed by atoms with Crippen molar-refractivity contribution in [2.75, 3.05) is 76.7 Å². The lowest BCUT2D eigenvalue weighted by atomic mass is 10.4. The maximum absolute atomic E-state index is 9.23. The molecule has 8 aromatic rings. The van der Waals surface area contributed by atoms with Gasteiger partial charge in [-0.3, -0.25) is 0 Å². The summed E-state index contributed by atoms with van der Waals surface area (Å²) in [6.07, 6.45) is 0.682. The summed E-state index contributed by atoms with van der Waals surface area (Å²) in [4.78, 5) is 0. The van der Waals surface area contributed by atoms with E-state index in [1.807, 2.05) is 243 Å². The van der Waals surface area contributed by atoms with E-state index >= 15 is 0 Å². The second-order valence-corrected chi connectivity index (χ2v) is 82.4. The maximum atomic E-state index is 9.23. The fourth-order valence-electron chi connectivity index (χ4n) is 14.3. The molecule has 4 bridgehead atoms. The summed E-state index contributed by atoms with van der Waals surface area (Å²) in [7, 11) is -53.7. The van der Waals surface area contributed by atoms with Crippen LogP contribution in [-0.2, 0) is 102 Å². The Morgan fingerprint density at radius 1 is 0.267 bits per heavy atom. The van der Waals surface area contributed by atoms with Gasteiger partial charge in [-0.25, -0.2) is 0 Å². The van der Waals surface area contributed by atoms with Crippen LogP contribution in [0.4, 0.5) is 0 Å². The van der Waals surface area contributed by atoms with Crippen LogP contribution in [0.15, 0.2) is 243 Å². The van der Waals surface area contributed by atoms with Gasteiger partial charge in [0, 0.05) is 117 Å². The van der Waals surface area contributed by atoms with Crippen LogP contribution in [0.3, 0.4) is 0 Å². The highest BCUT2D eigenvalue weighted by molar-refractivity contribution is 7.11. The fraction of sp³-hybridized carbons (Fsp3) is 0.377. The summed E-state index contributed by atoms with van der Waals surface area (Å²) < 4.78 is 187. The second-order valence-electron chi connectivity index (χ2n) is 31.6. The van der Waals surface area contributed by atoms with Crippen LogP contribution >= 0.6 is 0 Å². The number of hydrogen-bond donors (Lipinski definition) is 0. The average molecular weight is 1850 g/mol. The van der Waals surface area contributed by atoms with Gasteiger partial charge in [-0.1, -0.05) is 243 Å². The smallest absolute Gasteiger partial charge is 0.413 e. The fourth-order valence-corrected chi connectivity index (χ4v) is 86.1. The highest BCUT2D eigenvalue weighted by Crippen LogP contribution is 2.46. The third kappa shape index (κ3) is 21.1. The van der Waals surface area contributed by atoms with E-state index in [2.05, 4.69) is 58.9 Å². The van der Waals surface area contributed by atoms with Crippen LogP contribution in [0.2, 0.25) is 101 Å². The molecule has 39 heteroatoms. The molecule has 0 aromatic heterocycles. The first-order valence-corrected chi connectivity index (χ1v) is 71.9. The molecule has 0 amide bonds. The van der Waals surface area contributed by atoms with Crippen LogP contribution in [0.5, 0.6) is 0 Å². The Morgan fingerprint density at radius 3 is 0.698 bits per heavy atom. The van der Waals surface area contributed by atoms with Gasteiger partial charge in [0.15, 0.2) is 33.3 Å². The minimum atomic E-state index is -5.65. The Balaban J connectivity index is 1.32. The summed E-state index contributed by atoms with van der Waals surface area (Å²) in [6.45, 7) is 20.8. The molecule has 0 radical (unpaired) electrons. The molecule has 24 nitrogen and oxygen atoms in total. The molecule has 8 aromatic carbocycles. The van der Waals surface area contributed by atoms with Gasteiger partial charge in [0.1, 0.15) is 6.10 Å². The average Bonchev–Trinajstić information content (AvgIpc) is 0.695. The molecule has 0 aliphatic carbocycles.